The van der Waals surface area contributed by atoms with E-state index in [-0.39, 0.29) is 37.1 Å². The molecule has 0 fully saturated rings. The quantitative estimate of drug-likeness (QED) is 0.113. The summed E-state index contributed by atoms with van der Waals surface area (Å²) in [4.78, 5) is 14.6. The van der Waals surface area contributed by atoms with Gasteiger partial charge >= 0.3 is 0 Å². The van der Waals surface area contributed by atoms with E-state index in [4.69, 9.17) is 29.2 Å². The summed E-state index contributed by atoms with van der Waals surface area (Å²) < 4.78 is 18.0. The van der Waals surface area contributed by atoms with Crippen molar-refractivity contribution in [3.63, 3.8) is 0 Å². The molecule has 0 aliphatic heterocycles. The molecule has 1 aromatic heterocycles. The maximum absolute atomic E-state index is 10.4. The summed E-state index contributed by atoms with van der Waals surface area (Å²) in [6, 6.07) is 39.2. The van der Waals surface area contributed by atoms with E-state index in [2.05, 4.69) is 0 Å². The van der Waals surface area contributed by atoms with Crippen molar-refractivity contribution in [3.05, 3.63) is 161 Å². The Labute approximate surface area is 313 Å². The van der Waals surface area contributed by atoms with Crippen LogP contribution in [0.25, 0.3) is 34.2 Å². The highest BCUT2D eigenvalue weighted by Gasteiger charge is 2.14. The topological polar surface area (TPSA) is 127 Å². The lowest BCUT2D eigenvalue weighted by Crippen LogP contribution is -2.01. The monoisotopic (exact) mass is 717 g/mol. The SMILES string of the molecule is Cc1cccc(COc2ccc(-c3nc(-c4ccc(OCc5cccc(C)c5O)cc4)nc(-c4ccc(OCc5cccc(C)c5O)cc4)n3)cc2)c1O. The molecule has 7 aromatic rings. The van der Waals surface area contributed by atoms with E-state index in [9.17, 15) is 15.3 Å². The van der Waals surface area contributed by atoms with Crippen molar-refractivity contribution in [2.75, 3.05) is 0 Å². The van der Waals surface area contributed by atoms with Crippen molar-refractivity contribution in [2.24, 2.45) is 0 Å². The van der Waals surface area contributed by atoms with Crippen LogP contribution < -0.4 is 14.2 Å². The molecular weight excluding hydrogens is 679 g/mol. The van der Waals surface area contributed by atoms with E-state index < -0.39 is 0 Å². The predicted octanol–water partition coefficient (Wildman–Crippen LogP) is 9.65. The number of benzene rings is 6. The molecule has 0 aliphatic rings. The molecule has 0 saturated carbocycles. The average Bonchev–Trinajstić information content (AvgIpc) is 3.20. The van der Waals surface area contributed by atoms with Gasteiger partial charge in [0.2, 0.25) is 0 Å². The Hall–Kier alpha value is -6.87. The van der Waals surface area contributed by atoms with Crippen LogP contribution in [-0.2, 0) is 19.8 Å². The smallest absolute Gasteiger partial charge is 0.164 e. The number of hydrogen-bond acceptors (Lipinski definition) is 9. The molecule has 0 atom stereocenters. The molecule has 3 N–H and O–H groups in total. The third kappa shape index (κ3) is 8.11. The second kappa shape index (κ2) is 15.8. The first kappa shape index (κ1) is 35.5. The van der Waals surface area contributed by atoms with E-state index >= 15 is 0 Å². The van der Waals surface area contributed by atoms with Gasteiger partial charge in [-0.15, -0.1) is 0 Å². The van der Waals surface area contributed by atoms with Gasteiger partial charge in [-0.25, -0.2) is 15.0 Å². The van der Waals surface area contributed by atoms with E-state index in [0.29, 0.717) is 51.4 Å². The molecule has 0 bridgehead atoms. The maximum atomic E-state index is 10.4. The van der Waals surface area contributed by atoms with Crippen molar-refractivity contribution in [2.45, 2.75) is 40.6 Å². The van der Waals surface area contributed by atoms with E-state index in [0.717, 1.165) is 33.4 Å². The number of aromatic nitrogens is 3. The number of rotatable bonds is 12. The number of aromatic hydroxyl groups is 3. The van der Waals surface area contributed by atoms with Crippen LogP contribution in [0, 0.1) is 20.8 Å². The maximum Gasteiger partial charge on any atom is 0.164 e. The summed E-state index contributed by atoms with van der Waals surface area (Å²) in [5.41, 5.74) is 6.80. The average molecular weight is 718 g/mol. The zero-order chi connectivity index (χ0) is 37.6. The number of aryl methyl sites for hydroxylation is 3. The zero-order valence-corrected chi connectivity index (χ0v) is 30.2. The van der Waals surface area contributed by atoms with Gasteiger partial charge in [0.25, 0.3) is 0 Å². The number of para-hydroxylation sites is 3. The largest absolute Gasteiger partial charge is 0.507 e. The number of nitrogens with zero attached hydrogens (tertiary/aromatic N) is 3. The number of ether oxygens (including phenoxy) is 3. The Bertz CT molecular complexity index is 2110. The molecule has 0 spiro atoms. The predicted molar refractivity (Wildman–Crippen MR) is 208 cm³/mol. The molecule has 1 heterocycles. The minimum atomic E-state index is 0.227. The molecule has 0 unspecified atom stereocenters. The van der Waals surface area contributed by atoms with E-state index in [1.54, 1.807) is 0 Å². The van der Waals surface area contributed by atoms with Gasteiger partial charge in [0.1, 0.15) is 54.3 Å². The summed E-state index contributed by atoms with van der Waals surface area (Å²) >= 11 is 0. The number of phenolic OH excluding ortho intramolecular Hbond substituents is 3. The molecular formula is C45H39N3O6. The first-order valence-corrected chi connectivity index (χ1v) is 17.5. The van der Waals surface area contributed by atoms with Crippen LogP contribution in [0.2, 0.25) is 0 Å². The Kier molecular flexibility index (Phi) is 10.4. The van der Waals surface area contributed by atoms with Gasteiger partial charge in [-0.1, -0.05) is 54.6 Å². The fourth-order valence-electron chi connectivity index (χ4n) is 5.86. The lowest BCUT2D eigenvalue weighted by molar-refractivity contribution is 0.298. The Balaban J connectivity index is 1.14. The molecule has 54 heavy (non-hydrogen) atoms. The van der Waals surface area contributed by atoms with Crippen LogP contribution in [0.3, 0.4) is 0 Å². The summed E-state index contributed by atoms with van der Waals surface area (Å²) in [6.07, 6.45) is 0. The van der Waals surface area contributed by atoms with Crippen molar-refractivity contribution in [1.82, 2.24) is 15.0 Å². The molecule has 0 aliphatic carbocycles. The Morgan fingerprint density at radius 1 is 0.370 bits per heavy atom. The van der Waals surface area contributed by atoms with Crippen LogP contribution >= 0.6 is 0 Å². The Morgan fingerprint density at radius 3 is 0.889 bits per heavy atom. The van der Waals surface area contributed by atoms with Gasteiger partial charge in [-0.05, 0) is 110 Å². The molecule has 7 rings (SSSR count). The first-order chi connectivity index (χ1) is 26.2. The van der Waals surface area contributed by atoms with E-state index in [1.807, 2.05) is 148 Å². The van der Waals surface area contributed by atoms with Gasteiger partial charge in [0.15, 0.2) is 17.5 Å². The fourth-order valence-corrected chi connectivity index (χ4v) is 5.86. The fraction of sp³-hybridized carbons (Fsp3) is 0.133. The third-order valence-electron chi connectivity index (χ3n) is 9.12. The van der Waals surface area contributed by atoms with E-state index in [1.165, 1.54) is 0 Å². The molecule has 0 saturated heterocycles. The standard InChI is InChI=1S/C45H39N3O6/c1-28-7-4-10-34(40(28)49)25-52-37-19-13-31(14-20-37)43-46-44(32-15-21-38(22-16-32)53-26-35-11-5-8-29(2)41(35)50)48-45(47-43)33-17-23-39(24-18-33)54-27-36-12-6-9-30(3)42(36)51/h4-24,49-51H,25-27H2,1-3H3. The first-order valence-electron chi connectivity index (χ1n) is 17.5. The highest BCUT2D eigenvalue weighted by atomic mass is 16.5. The second-order valence-electron chi connectivity index (χ2n) is 13.0. The summed E-state index contributed by atoms with van der Waals surface area (Å²) in [5.74, 6) is 4.03. The molecule has 6 aromatic carbocycles. The van der Waals surface area contributed by atoms with Crippen LogP contribution in [0.1, 0.15) is 33.4 Å². The highest BCUT2D eigenvalue weighted by molar-refractivity contribution is 5.67. The molecule has 270 valence electrons. The van der Waals surface area contributed by atoms with Crippen LogP contribution in [-0.4, -0.2) is 30.3 Å². The third-order valence-corrected chi connectivity index (χ3v) is 9.12. The van der Waals surface area contributed by atoms with Crippen LogP contribution in [0.15, 0.2) is 127 Å². The molecule has 0 radical (unpaired) electrons. The van der Waals surface area contributed by atoms with Crippen LogP contribution in [0.5, 0.6) is 34.5 Å². The highest BCUT2D eigenvalue weighted by Crippen LogP contribution is 2.30. The van der Waals surface area contributed by atoms with Gasteiger partial charge in [-0.3, -0.25) is 0 Å². The second-order valence-corrected chi connectivity index (χ2v) is 13.0. The molecule has 9 heteroatoms. The van der Waals surface area contributed by atoms with Gasteiger partial charge in [0.05, 0.1) is 0 Å². The number of hydrogen-bond donors (Lipinski definition) is 3. The van der Waals surface area contributed by atoms with Gasteiger partial charge in [0, 0.05) is 33.4 Å². The number of phenols is 3. The lowest BCUT2D eigenvalue weighted by atomic mass is 10.1. The van der Waals surface area contributed by atoms with Crippen molar-refractivity contribution >= 4 is 0 Å². The van der Waals surface area contributed by atoms with Gasteiger partial charge in [-0.2, -0.15) is 0 Å². The summed E-state index contributed by atoms with van der Waals surface area (Å²) in [5, 5.41) is 31.2. The molecule has 9 nitrogen and oxygen atoms in total. The van der Waals surface area contributed by atoms with Crippen molar-refractivity contribution in [1.29, 1.82) is 0 Å². The van der Waals surface area contributed by atoms with Crippen molar-refractivity contribution < 1.29 is 29.5 Å². The zero-order valence-electron chi connectivity index (χ0n) is 30.2. The summed E-state index contributed by atoms with van der Waals surface area (Å²) in [6.45, 7) is 6.24. The lowest BCUT2D eigenvalue weighted by Gasteiger charge is -2.12. The summed E-state index contributed by atoms with van der Waals surface area (Å²) in [7, 11) is 0. The van der Waals surface area contributed by atoms with Gasteiger partial charge < -0.3 is 29.5 Å². The normalized spacial score (nSPS) is 10.9. The minimum absolute atomic E-state index is 0.227. The molecule has 0 amide bonds. The minimum Gasteiger partial charge on any atom is -0.507 e. The Morgan fingerprint density at radius 2 is 0.630 bits per heavy atom. The van der Waals surface area contributed by atoms with Crippen LogP contribution in [0.4, 0.5) is 0 Å². The van der Waals surface area contributed by atoms with Crippen molar-refractivity contribution in [3.8, 4) is 68.7 Å².